The minimum atomic E-state index is -1.31. The number of benzene rings is 3. The van der Waals surface area contributed by atoms with Crippen LogP contribution in [0.5, 0.6) is 0 Å². The van der Waals surface area contributed by atoms with Crippen molar-refractivity contribution in [3.8, 4) is 24.3 Å². The van der Waals surface area contributed by atoms with Gasteiger partial charge in [0.25, 0.3) is 0 Å². The van der Waals surface area contributed by atoms with Gasteiger partial charge in [0.2, 0.25) is 11.6 Å². The van der Waals surface area contributed by atoms with Crippen molar-refractivity contribution in [2.45, 2.75) is 6.61 Å². The first-order valence-corrected chi connectivity index (χ1v) is 19.5. The van der Waals surface area contributed by atoms with Crippen molar-refractivity contribution in [1.29, 1.82) is 21.0 Å². The van der Waals surface area contributed by atoms with Gasteiger partial charge in [-0.2, -0.15) is 21.0 Å². The van der Waals surface area contributed by atoms with E-state index in [0.29, 0.717) is 42.0 Å². The number of aromatic nitrogens is 1. The molecule has 0 N–H and O–H groups in total. The quantitative estimate of drug-likeness (QED) is 0.124. The number of carbonyl (C=O) groups is 3. The SMILES string of the molecule is N#CC(C#N)=C1C(=Nc2cc3c(s2)c2sc4cc(N=C5C(=O)c6cc(F)c(F)cc6C5=C(C#N)C#N)sc4c2n3C(=O)OCc2ccccc2)C(=O)c2cc(F)c(F)cc21. The molecule has 0 aliphatic heterocycles. The molecule has 9 rings (SSSR count). The van der Waals surface area contributed by atoms with Crippen LogP contribution in [0, 0.1) is 68.6 Å². The number of halogens is 4. The molecule has 11 nitrogen and oxygen atoms in total. The van der Waals surface area contributed by atoms with Gasteiger partial charge in [0.05, 0.1) is 29.8 Å². The molecule has 4 heterocycles. The summed E-state index contributed by atoms with van der Waals surface area (Å²) in [7, 11) is 0. The number of hydrogen-bond acceptors (Lipinski definition) is 13. The van der Waals surface area contributed by atoms with E-state index >= 15 is 0 Å². The molecule has 0 unspecified atom stereocenters. The van der Waals surface area contributed by atoms with E-state index in [-0.39, 0.29) is 61.2 Å². The van der Waals surface area contributed by atoms with Gasteiger partial charge in [-0.1, -0.05) is 30.3 Å². The minimum Gasteiger partial charge on any atom is -0.444 e. The molecule has 2 aliphatic rings. The number of rotatable bonds is 4. The molecule has 4 aromatic heterocycles. The number of thiophene rings is 3. The molecule has 0 saturated carbocycles. The highest BCUT2D eigenvalue weighted by Gasteiger charge is 2.38. The number of nitriles is 4. The van der Waals surface area contributed by atoms with E-state index in [1.165, 1.54) is 22.0 Å². The molecule has 0 radical (unpaired) electrons. The van der Waals surface area contributed by atoms with Crippen LogP contribution in [0.4, 0.5) is 32.4 Å². The fourth-order valence-electron chi connectivity index (χ4n) is 6.96. The van der Waals surface area contributed by atoms with Crippen LogP contribution in [-0.4, -0.2) is 33.7 Å². The molecule has 0 fully saturated rings. The van der Waals surface area contributed by atoms with Crippen LogP contribution in [0.2, 0.25) is 0 Å². The molecule has 18 heteroatoms. The van der Waals surface area contributed by atoms with Crippen molar-refractivity contribution in [2.75, 3.05) is 0 Å². The van der Waals surface area contributed by atoms with Crippen LogP contribution in [0.3, 0.4) is 0 Å². The zero-order valence-corrected chi connectivity index (χ0v) is 32.0. The van der Waals surface area contributed by atoms with E-state index in [0.717, 1.165) is 34.8 Å². The van der Waals surface area contributed by atoms with Gasteiger partial charge in [0.15, 0.2) is 23.3 Å². The molecule has 60 heavy (non-hydrogen) atoms. The molecular weight excluding hydrogens is 839 g/mol. The predicted molar refractivity (Wildman–Crippen MR) is 214 cm³/mol. The van der Waals surface area contributed by atoms with Crippen molar-refractivity contribution in [2.24, 2.45) is 9.98 Å². The maximum absolute atomic E-state index is 14.4. The van der Waals surface area contributed by atoms with Gasteiger partial charge in [-0.05, 0) is 42.0 Å². The van der Waals surface area contributed by atoms with Crippen LogP contribution in [0.25, 0.3) is 41.0 Å². The largest absolute Gasteiger partial charge is 0.444 e. The van der Waals surface area contributed by atoms with Crippen molar-refractivity contribution in [3.05, 3.63) is 129 Å². The van der Waals surface area contributed by atoms with Crippen LogP contribution in [0.1, 0.15) is 37.4 Å². The molecule has 7 aromatic rings. The van der Waals surface area contributed by atoms with Gasteiger partial charge >= 0.3 is 6.09 Å². The minimum absolute atomic E-state index is 0.116. The maximum atomic E-state index is 14.4. The number of fused-ring (bicyclic) bond motifs is 7. The normalized spacial score (nSPS) is 14.5. The summed E-state index contributed by atoms with van der Waals surface area (Å²) in [6.45, 7) is -0.116. The molecular formula is C42H13F4N7O4S3. The lowest BCUT2D eigenvalue weighted by atomic mass is 10.0. The molecule has 0 spiro atoms. The third-order valence-corrected chi connectivity index (χ3v) is 13.0. The predicted octanol–water partition coefficient (Wildman–Crippen LogP) is 10.4. The Kier molecular flexibility index (Phi) is 8.92. The molecule has 0 bridgehead atoms. The molecule has 2 aliphatic carbocycles. The number of carbonyl (C=O) groups excluding carboxylic acids is 3. The summed E-state index contributed by atoms with van der Waals surface area (Å²) in [6.07, 6.45) is -0.813. The van der Waals surface area contributed by atoms with E-state index < -0.39 is 57.8 Å². The first kappa shape index (κ1) is 37.7. The second-order valence-corrected chi connectivity index (χ2v) is 16.0. The number of ketones is 2. The summed E-state index contributed by atoms with van der Waals surface area (Å²) in [4.78, 5) is 50.2. The maximum Gasteiger partial charge on any atom is 0.419 e. The van der Waals surface area contributed by atoms with Crippen molar-refractivity contribution < 1.29 is 36.7 Å². The van der Waals surface area contributed by atoms with Gasteiger partial charge in [-0.15, -0.1) is 34.0 Å². The van der Waals surface area contributed by atoms with E-state index in [4.69, 9.17) is 4.74 Å². The lowest BCUT2D eigenvalue weighted by Crippen LogP contribution is -2.13. The first-order valence-electron chi connectivity index (χ1n) is 17.0. The Bertz CT molecular complexity index is 3460. The number of allylic oxidation sites excluding steroid dienone is 4. The van der Waals surface area contributed by atoms with Gasteiger partial charge in [0, 0.05) is 33.4 Å². The summed E-state index contributed by atoms with van der Waals surface area (Å²) in [5, 5.41) is 39.2. The lowest BCUT2D eigenvalue weighted by molar-refractivity contribution is 0.106. The molecule has 0 amide bonds. The van der Waals surface area contributed by atoms with Crippen molar-refractivity contribution in [3.63, 3.8) is 0 Å². The zero-order valence-electron chi connectivity index (χ0n) is 29.6. The number of hydrogen-bond donors (Lipinski definition) is 0. The van der Waals surface area contributed by atoms with Crippen LogP contribution >= 0.6 is 34.0 Å². The number of ether oxygens (including phenoxy) is 1. The van der Waals surface area contributed by atoms with Crippen LogP contribution in [0.15, 0.2) is 87.9 Å². The highest BCUT2D eigenvalue weighted by Crippen LogP contribution is 2.50. The monoisotopic (exact) mass is 851 g/mol. The Morgan fingerprint density at radius 3 is 1.63 bits per heavy atom. The summed E-state index contributed by atoms with van der Waals surface area (Å²) >= 11 is 3.31. The average molecular weight is 852 g/mol. The van der Waals surface area contributed by atoms with Crippen LogP contribution in [-0.2, 0) is 11.3 Å². The Morgan fingerprint density at radius 1 is 0.633 bits per heavy atom. The Balaban J connectivity index is 1.21. The van der Waals surface area contributed by atoms with E-state index in [1.807, 2.05) is 0 Å². The van der Waals surface area contributed by atoms with E-state index in [2.05, 4.69) is 9.98 Å². The first-order chi connectivity index (χ1) is 29.0. The highest BCUT2D eigenvalue weighted by molar-refractivity contribution is 7.37. The second kappa shape index (κ2) is 14.2. The number of Topliss-reactive ketones (excluding diaryl/α,β-unsaturated/α-hetero) is 2. The fraction of sp³-hybridized carbons (Fsp3) is 0.0238. The molecule has 0 atom stereocenters. The molecule has 0 saturated heterocycles. The Hall–Kier alpha value is -7.87. The second-order valence-electron chi connectivity index (χ2n) is 12.9. The van der Waals surface area contributed by atoms with Crippen molar-refractivity contribution >= 4 is 114 Å². The van der Waals surface area contributed by atoms with Crippen LogP contribution < -0.4 is 0 Å². The van der Waals surface area contributed by atoms with E-state index in [1.54, 1.807) is 60.7 Å². The fourth-order valence-corrected chi connectivity index (χ4v) is 10.6. The standard InChI is InChI=1S/C42H13F4N7O4S3/c43-24-6-20-22(8-26(24)45)37(54)34(32(20)18(12-47)13-48)51-30-10-28-39(59-30)41-36(53(28)42(56)57-16-17-4-2-1-3-5-17)40-29(58-41)11-31(60-40)52-35-33(19(14-49)15-50)21-7-25(44)27(46)9-23(21)38(35)55/h1-11H,16H2. The van der Waals surface area contributed by atoms with Gasteiger partial charge in [-0.25, -0.2) is 36.9 Å². The Labute approximate surface area is 344 Å². The smallest absolute Gasteiger partial charge is 0.419 e. The molecule has 3 aromatic carbocycles. The number of aliphatic imine (C=N–C) groups is 2. The third-order valence-electron chi connectivity index (χ3n) is 9.53. The van der Waals surface area contributed by atoms with Gasteiger partial charge in [0.1, 0.15) is 63.5 Å². The lowest BCUT2D eigenvalue weighted by Gasteiger charge is -2.07. The van der Waals surface area contributed by atoms with Gasteiger partial charge in [-0.3, -0.25) is 9.59 Å². The Morgan fingerprint density at radius 2 is 1.12 bits per heavy atom. The summed E-state index contributed by atoms with van der Waals surface area (Å²) in [6, 6.07) is 21.5. The topological polar surface area (TPSA) is 185 Å². The summed E-state index contributed by atoms with van der Waals surface area (Å²) < 4.78 is 66.4. The van der Waals surface area contributed by atoms with Gasteiger partial charge < -0.3 is 4.74 Å². The molecule has 286 valence electrons. The summed E-state index contributed by atoms with van der Waals surface area (Å²) in [5.41, 5.74) is -1.93. The number of nitrogens with zero attached hydrogens (tertiary/aromatic N) is 7. The average Bonchev–Trinajstić information content (AvgIpc) is 4.06. The highest BCUT2D eigenvalue weighted by atomic mass is 32.1. The summed E-state index contributed by atoms with van der Waals surface area (Å²) in [5.74, 6) is -6.89. The van der Waals surface area contributed by atoms with E-state index in [9.17, 15) is 53.0 Å². The zero-order chi connectivity index (χ0) is 42.1. The third kappa shape index (κ3) is 5.74. The van der Waals surface area contributed by atoms with Crippen molar-refractivity contribution in [1.82, 2.24) is 4.57 Å².